The van der Waals surface area contributed by atoms with Crippen molar-refractivity contribution in [2.24, 2.45) is 0 Å². The van der Waals surface area contributed by atoms with Crippen LogP contribution in [0.3, 0.4) is 0 Å². The molecule has 0 nitrogen and oxygen atoms in total. The molecule has 0 heteroatoms. The van der Waals surface area contributed by atoms with E-state index in [0.717, 1.165) is 0 Å². The molecule has 102 valence electrons. The zero-order valence-electron chi connectivity index (χ0n) is 12.2. The molecular formula is C21H18. The fraction of sp³-hybridized carbons (Fsp3) is 0.0476. The van der Waals surface area contributed by atoms with Crippen molar-refractivity contribution < 1.29 is 0 Å². The Kier molecular flexibility index (Phi) is 3.97. The molecule has 3 aromatic carbocycles. The molecule has 0 N–H and O–H groups in total. The minimum Gasteiger partial charge on any atom is -0.0622 e. The third-order valence-electron chi connectivity index (χ3n) is 3.63. The first-order valence-electron chi connectivity index (χ1n) is 7.23. The van der Waals surface area contributed by atoms with Gasteiger partial charge in [0.25, 0.3) is 0 Å². The Morgan fingerprint density at radius 2 is 1.24 bits per heavy atom. The van der Waals surface area contributed by atoms with E-state index in [2.05, 4.69) is 91.9 Å². The van der Waals surface area contributed by atoms with Crippen molar-refractivity contribution in [1.29, 1.82) is 0 Å². The molecule has 0 aliphatic heterocycles. The molecule has 0 unspecified atom stereocenters. The Hall–Kier alpha value is -2.60. The van der Waals surface area contributed by atoms with Gasteiger partial charge >= 0.3 is 0 Å². The normalized spacial score (nSPS) is 11.4. The van der Waals surface area contributed by atoms with Crippen LogP contribution >= 0.6 is 0 Å². The van der Waals surface area contributed by atoms with Gasteiger partial charge in [-0.15, -0.1) is 0 Å². The van der Waals surface area contributed by atoms with Gasteiger partial charge in [-0.1, -0.05) is 84.9 Å². The first-order chi connectivity index (χ1) is 10.3. The molecule has 0 spiro atoms. The predicted octanol–water partition coefficient (Wildman–Crippen LogP) is 5.58. The number of aryl methyl sites for hydroxylation is 1. The standard InChI is InChI=1S/C21H18/c1-17-10-8-9-15-20(17)21(19-13-6-3-7-14-19)16-18-11-4-2-5-12-18/h2-16H,1H3. The van der Waals surface area contributed by atoms with Gasteiger partial charge in [0.2, 0.25) is 0 Å². The summed E-state index contributed by atoms with van der Waals surface area (Å²) >= 11 is 0. The van der Waals surface area contributed by atoms with Gasteiger partial charge in [-0.2, -0.15) is 0 Å². The number of hydrogen-bond donors (Lipinski definition) is 0. The molecule has 0 aliphatic rings. The predicted molar refractivity (Wildman–Crippen MR) is 91.0 cm³/mol. The van der Waals surface area contributed by atoms with Crippen molar-refractivity contribution >= 4 is 11.6 Å². The first-order valence-corrected chi connectivity index (χ1v) is 7.23. The summed E-state index contributed by atoms with van der Waals surface area (Å²) in [5.74, 6) is 0. The van der Waals surface area contributed by atoms with Crippen LogP contribution in [0.1, 0.15) is 22.3 Å². The van der Waals surface area contributed by atoms with Crippen LogP contribution < -0.4 is 0 Å². The third-order valence-corrected chi connectivity index (χ3v) is 3.63. The second-order valence-corrected chi connectivity index (χ2v) is 5.15. The van der Waals surface area contributed by atoms with Crippen LogP contribution in [0.25, 0.3) is 11.6 Å². The first kappa shape index (κ1) is 13.4. The van der Waals surface area contributed by atoms with Gasteiger partial charge in [0.1, 0.15) is 0 Å². The van der Waals surface area contributed by atoms with Crippen molar-refractivity contribution in [2.75, 3.05) is 0 Å². The maximum Gasteiger partial charge on any atom is -0.0103 e. The Morgan fingerprint density at radius 3 is 1.90 bits per heavy atom. The van der Waals surface area contributed by atoms with E-state index in [1.165, 1.54) is 27.8 Å². The second-order valence-electron chi connectivity index (χ2n) is 5.15. The Labute approximate surface area is 126 Å². The minimum atomic E-state index is 1.22. The van der Waals surface area contributed by atoms with Crippen molar-refractivity contribution in [3.63, 3.8) is 0 Å². The quantitative estimate of drug-likeness (QED) is 0.545. The third kappa shape index (κ3) is 3.11. The van der Waals surface area contributed by atoms with Crippen LogP contribution in [0.2, 0.25) is 0 Å². The van der Waals surface area contributed by atoms with Gasteiger partial charge in [0.15, 0.2) is 0 Å². The van der Waals surface area contributed by atoms with Gasteiger partial charge < -0.3 is 0 Å². The molecule has 0 fully saturated rings. The molecule has 0 saturated heterocycles. The molecule has 3 rings (SSSR count). The lowest BCUT2D eigenvalue weighted by Gasteiger charge is -2.12. The number of hydrogen-bond acceptors (Lipinski definition) is 0. The molecule has 0 heterocycles. The van der Waals surface area contributed by atoms with Gasteiger partial charge in [-0.05, 0) is 40.8 Å². The lowest BCUT2D eigenvalue weighted by molar-refractivity contribution is 1.42. The monoisotopic (exact) mass is 270 g/mol. The van der Waals surface area contributed by atoms with E-state index in [9.17, 15) is 0 Å². The molecule has 0 aliphatic carbocycles. The van der Waals surface area contributed by atoms with Crippen LogP contribution in [0, 0.1) is 6.92 Å². The number of benzene rings is 3. The zero-order valence-corrected chi connectivity index (χ0v) is 12.2. The van der Waals surface area contributed by atoms with Crippen LogP contribution in [-0.4, -0.2) is 0 Å². The summed E-state index contributed by atoms with van der Waals surface area (Å²) in [5.41, 5.74) is 6.31. The summed E-state index contributed by atoms with van der Waals surface area (Å²) in [4.78, 5) is 0. The van der Waals surface area contributed by atoms with Crippen LogP contribution in [0.15, 0.2) is 84.9 Å². The van der Waals surface area contributed by atoms with Gasteiger partial charge in [-0.3, -0.25) is 0 Å². The highest BCUT2D eigenvalue weighted by Gasteiger charge is 2.07. The fourth-order valence-corrected chi connectivity index (χ4v) is 2.53. The lowest BCUT2D eigenvalue weighted by Crippen LogP contribution is -1.91. The van der Waals surface area contributed by atoms with E-state index >= 15 is 0 Å². The largest absolute Gasteiger partial charge is 0.0622 e. The van der Waals surface area contributed by atoms with E-state index in [1.54, 1.807) is 0 Å². The van der Waals surface area contributed by atoms with Gasteiger partial charge in [0, 0.05) is 0 Å². The average Bonchev–Trinajstić information content (AvgIpc) is 2.55. The van der Waals surface area contributed by atoms with Crippen molar-refractivity contribution in [1.82, 2.24) is 0 Å². The summed E-state index contributed by atoms with van der Waals surface area (Å²) in [6.45, 7) is 2.16. The van der Waals surface area contributed by atoms with Crippen molar-refractivity contribution in [3.8, 4) is 0 Å². The highest BCUT2D eigenvalue weighted by molar-refractivity contribution is 5.92. The summed E-state index contributed by atoms with van der Waals surface area (Å²) in [5, 5.41) is 0. The van der Waals surface area contributed by atoms with E-state index in [0.29, 0.717) is 0 Å². The van der Waals surface area contributed by atoms with Crippen molar-refractivity contribution in [2.45, 2.75) is 6.92 Å². The fourth-order valence-electron chi connectivity index (χ4n) is 2.53. The van der Waals surface area contributed by atoms with E-state index in [4.69, 9.17) is 0 Å². The van der Waals surface area contributed by atoms with Crippen LogP contribution in [0.5, 0.6) is 0 Å². The summed E-state index contributed by atoms with van der Waals surface area (Å²) in [7, 11) is 0. The SMILES string of the molecule is Cc1ccccc1C(=Cc1ccccc1)c1ccccc1. The topological polar surface area (TPSA) is 0 Å². The molecule has 3 aromatic rings. The highest BCUT2D eigenvalue weighted by Crippen LogP contribution is 2.28. The van der Waals surface area contributed by atoms with Crippen LogP contribution in [0.4, 0.5) is 0 Å². The van der Waals surface area contributed by atoms with E-state index < -0.39 is 0 Å². The molecule has 0 atom stereocenters. The van der Waals surface area contributed by atoms with Crippen molar-refractivity contribution in [3.05, 3.63) is 107 Å². The molecule has 0 radical (unpaired) electrons. The zero-order chi connectivity index (χ0) is 14.5. The summed E-state index contributed by atoms with van der Waals surface area (Å²) < 4.78 is 0. The van der Waals surface area contributed by atoms with E-state index in [-0.39, 0.29) is 0 Å². The van der Waals surface area contributed by atoms with E-state index in [1.807, 2.05) is 6.07 Å². The average molecular weight is 270 g/mol. The smallest absolute Gasteiger partial charge is 0.0103 e. The molecule has 0 amide bonds. The lowest BCUT2D eigenvalue weighted by atomic mass is 9.93. The van der Waals surface area contributed by atoms with Gasteiger partial charge in [0.05, 0.1) is 0 Å². The minimum absolute atomic E-state index is 1.22. The maximum atomic E-state index is 2.26. The molecule has 21 heavy (non-hydrogen) atoms. The summed E-state index contributed by atoms with van der Waals surface area (Å²) in [6.07, 6.45) is 2.26. The highest BCUT2D eigenvalue weighted by atomic mass is 14.1. The molecule has 0 saturated carbocycles. The Morgan fingerprint density at radius 1 is 0.667 bits per heavy atom. The number of rotatable bonds is 3. The summed E-state index contributed by atoms with van der Waals surface area (Å²) in [6, 6.07) is 29.6. The maximum absolute atomic E-state index is 2.26. The molecular weight excluding hydrogens is 252 g/mol. The Bertz CT molecular complexity index is 737. The van der Waals surface area contributed by atoms with Gasteiger partial charge in [-0.25, -0.2) is 0 Å². The van der Waals surface area contributed by atoms with Crippen LogP contribution in [-0.2, 0) is 0 Å². The molecule has 0 bridgehead atoms. The second kappa shape index (κ2) is 6.23. The molecule has 0 aromatic heterocycles. The Balaban J connectivity index is 2.17.